The maximum Gasteiger partial charge on any atom is 0.322 e. The number of carbonyl (C=O) groups excluding carboxylic acids is 1. The summed E-state index contributed by atoms with van der Waals surface area (Å²) in [6.07, 6.45) is 0.394. The summed E-state index contributed by atoms with van der Waals surface area (Å²) in [6.45, 7) is 3.99. The van der Waals surface area contributed by atoms with Crippen LogP contribution >= 0.6 is 0 Å². The van der Waals surface area contributed by atoms with E-state index in [1.54, 1.807) is 0 Å². The molecule has 1 amide bonds. The molecule has 0 aliphatic heterocycles. The van der Waals surface area contributed by atoms with Crippen LogP contribution in [-0.2, 0) is 6.42 Å². The Kier molecular flexibility index (Phi) is 5.95. The average Bonchev–Trinajstić information content (AvgIpc) is 3.15. The molecule has 2 aromatic carbocycles. The summed E-state index contributed by atoms with van der Waals surface area (Å²) in [4.78, 5) is 23.3. The monoisotopic (exact) mass is 412 g/mol. The van der Waals surface area contributed by atoms with Gasteiger partial charge in [-0.3, -0.25) is 20.2 Å². The highest BCUT2D eigenvalue weighted by Gasteiger charge is 2.25. The topological polar surface area (TPSA) is 130 Å². The molecule has 1 N–H and O–H groups in total. The second-order valence-corrected chi connectivity index (χ2v) is 6.54. The molecule has 1 heterocycles. The number of rotatable bonds is 7. The number of carbonyl (C=O) groups is 1. The molecule has 0 atom stereocenters. The number of aryl methyl sites for hydroxylation is 2. The molecule has 0 unspecified atom stereocenters. The summed E-state index contributed by atoms with van der Waals surface area (Å²) in [6, 6.07) is 8.18. The zero-order valence-corrected chi connectivity index (χ0v) is 16.9. The van der Waals surface area contributed by atoms with Crippen LogP contribution < -0.4 is 14.8 Å². The molecule has 0 bridgehead atoms. The van der Waals surface area contributed by atoms with Gasteiger partial charge >= 0.3 is 6.01 Å². The Morgan fingerprint density at radius 2 is 1.83 bits per heavy atom. The van der Waals surface area contributed by atoms with Crippen molar-refractivity contribution in [3.63, 3.8) is 0 Å². The molecular formula is C20H20N4O6. The first-order valence-electron chi connectivity index (χ1n) is 8.92. The number of methoxy groups -OCH3 is 2. The van der Waals surface area contributed by atoms with Gasteiger partial charge in [0.15, 0.2) is 11.5 Å². The number of nitro benzene ring substituents is 1. The molecule has 30 heavy (non-hydrogen) atoms. The van der Waals surface area contributed by atoms with E-state index in [1.807, 2.05) is 32.0 Å². The number of anilines is 1. The van der Waals surface area contributed by atoms with Crippen molar-refractivity contribution >= 4 is 17.6 Å². The minimum Gasteiger partial charge on any atom is -0.493 e. The predicted octanol–water partition coefficient (Wildman–Crippen LogP) is 3.45. The normalized spacial score (nSPS) is 10.5. The van der Waals surface area contributed by atoms with Crippen molar-refractivity contribution in [1.82, 2.24) is 10.2 Å². The van der Waals surface area contributed by atoms with E-state index < -0.39 is 16.5 Å². The minimum atomic E-state index is -0.788. The van der Waals surface area contributed by atoms with E-state index in [0.717, 1.165) is 22.8 Å². The smallest absolute Gasteiger partial charge is 0.322 e. The summed E-state index contributed by atoms with van der Waals surface area (Å²) in [7, 11) is 2.71. The number of aromatic nitrogens is 2. The molecule has 156 valence electrons. The number of ether oxygens (including phenoxy) is 2. The maximum absolute atomic E-state index is 12.6. The van der Waals surface area contributed by atoms with Crippen LogP contribution in [0.3, 0.4) is 0 Å². The minimum absolute atomic E-state index is 0.134. The van der Waals surface area contributed by atoms with Gasteiger partial charge in [0.25, 0.3) is 11.6 Å². The lowest BCUT2D eigenvalue weighted by Gasteiger charge is -2.09. The fraction of sp³-hybridized carbons (Fsp3) is 0.250. The van der Waals surface area contributed by atoms with Gasteiger partial charge in [-0.2, -0.15) is 0 Å². The Labute approximate surface area is 172 Å². The summed E-state index contributed by atoms with van der Waals surface area (Å²) >= 11 is 0. The molecule has 3 aromatic rings. The van der Waals surface area contributed by atoms with E-state index >= 15 is 0 Å². The molecule has 0 saturated carbocycles. The molecule has 0 aliphatic rings. The van der Waals surface area contributed by atoms with Crippen LogP contribution in [0.4, 0.5) is 11.7 Å². The van der Waals surface area contributed by atoms with E-state index in [4.69, 9.17) is 13.9 Å². The standard InChI is InChI=1S/C20H20N4O6/c1-11-5-6-13(12(2)7-11)8-18-22-23-20(30-18)21-19(25)14-9-16(28-3)17(29-4)10-15(14)24(26)27/h5-7,9-10H,8H2,1-4H3,(H,21,23,25). The van der Waals surface area contributed by atoms with Gasteiger partial charge in [0.1, 0.15) is 5.56 Å². The zero-order chi connectivity index (χ0) is 21.8. The Morgan fingerprint density at radius 3 is 2.47 bits per heavy atom. The third kappa shape index (κ3) is 4.37. The molecule has 0 radical (unpaired) electrons. The average molecular weight is 412 g/mol. The van der Waals surface area contributed by atoms with E-state index in [-0.39, 0.29) is 23.1 Å². The van der Waals surface area contributed by atoms with Crippen molar-refractivity contribution in [2.75, 3.05) is 19.5 Å². The third-order valence-corrected chi connectivity index (χ3v) is 4.47. The van der Waals surface area contributed by atoms with Crippen LogP contribution in [0, 0.1) is 24.0 Å². The Morgan fingerprint density at radius 1 is 1.13 bits per heavy atom. The number of amides is 1. The molecule has 3 rings (SSSR count). The fourth-order valence-corrected chi connectivity index (χ4v) is 2.95. The molecule has 10 heteroatoms. The quantitative estimate of drug-likeness (QED) is 0.461. The van der Waals surface area contributed by atoms with Crippen LogP contribution in [0.2, 0.25) is 0 Å². The van der Waals surface area contributed by atoms with E-state index in [1.165, 1.54) is 20.3 Å². The summed E-state index contributed by atoms with van der Waals surface area (Å²) < 4.78 is 15.7. The van der Waals surface area contributed by atoms with Crippen LogP contribution in [-0.4, -0.2) is 35.2 Å². The highest BCUT2D eigenvalue weighted by atomic mass is 16.6. The Balaban J connectivity index is 1.82. The maximum atomic E-state index is 12.6. The SMILES string of the molecule is COc1cc(C(=O)Nc2nnc(Cc3ccc(C)cc3C)o2)c([N+](=O)[O-])cc1OC. The van der Waals surface area contributed by atoms with Gasteiger partial charge in [-0.25, -0.2) is 0 Å². The van der Waals surface area contributed by atoms with E-state index in [9.17, 15) is 14.9 Å². The number of benzene rings is 2. The van der Waals surface area contributed by atoms with Gasteiger partial charge in [-0.15, -0.1) is 5.10 Å². The number of hydrogen-bond acceptors (Lipinski definition) is 8. The second kappa shape index (κ2) is 8.60. The van der Waals surface area contributed by atoms with E-state index in [0.29, 0.717) is 12.3 Å². The first-order chi connectivity index (χ1) is 14.3. The molecule has 0 saturated heterocycles. The molecule has 1 aromatic heterocycles. The lowest BCUT2D eigenvalue weighted by molar-refractivity contribution is -0.385. The molecular weight excluding hydrogens is 392 g/mol. The van der Waals surface area contributed by atoms with Crippen LogP contribution in [0.25, 0.3) is 0 Å². The van der Waals surface area contributed by atoms with Crippen molar-refractivity contribution in [2.45, 2.75) is 20.3 Å². The molecule has 0 spiro atoms. The van der Waals surface area contributed by atoms with Crippen molar-refractivity contribution in [3.8, 4) is 11.5 Å². The molecule has 10 nitrogen and oxygen atoms in total. The second-order valence-electron chi connectivity index (χ2n) is 6.54. The summed E-state index contributed by atoms with van der Waals surface area (Å²) in [5.41, 5.74) is 2.57. The van der Waals surface area contributed by atoms with Gasteiger partial charge in [-0.1, -0.05) is 28.9 Å². The lowest BCUT2D eigenvalue weighted by atomic mass is 10.0. The van der Waals surface area contributed by atoms with Crippen LogP contribution in [0.15, 0.2) is 34.7 Å². The first kappa shape index (κ1) is 20.8. The van der Waals surface area contributed by atoms with Crippen molar-refractivity contribution < 1.29 is 23.6 Å². The third-order valence-electron chi connectivity index (χ3n) is 4.47. The molecule has 0 aliphatic carbocycles. The Bertz CT molecular complexity index is 1110. The van der Waals surface area contributed by atoms with Gasteiger partial charge < -0.3 is 13.9 Å². The highest BCUT2D eigenvalue weighted by molar-refractivity contribution is 6.06. The predicted molar refractivity (Wildman–Crippen MR) is 107 cm³/mol. The number of hydrogen-bond donors (Lipinski definition) is 1. The summed E-state index contributed by atoms with van der Waals surface area (Å²) in [5.74, 6) is -0.174. The van der Waals surface area contributed by atoms with Gasteiger partial charge in [-0.05, 0) is 25.0 Å². The fourth-order valence-electron chi connectivity index (χ4n) is 2.95. The van der Waals surface area contributed by atoms with Gasteiger partial charge in [0.2, 0.25) is 5.89 Å². The van der Waals surface area contributed by atoms with Crippen molar-refractivity contribution in [1.29, 1.82) is 0 Å². The van der Waals surface area contributed by atoms with Gasteiger partial charge in [0.05, 0.1) is 31.6 Å². The lowest BCUT2D eigenvalue weighted by Crippen LogP contribution is -2.14. The largest absolute Gasteiger partial charge is 0.493 e. The van der Waals surface area contributed by atoms with Crippen LogP contribution in [0.1, 0.15) is 32.9 Å². The number of nitrogens with zero attached hydrogens (tertiary/aromatic N) is 3. The van der Waals surface area contributed by atoms with Gasteiger partial charge in [0, 0.05) is 6.07 Å². The van der Waals surface area contributed by atoms with Crippen molar-refractivity contribution in [2.24, 2.45) is 0 Å². The molecule has 0 fully saturated rings. The van der Waals surface area contributed by atoms with Crippen molar-refractivity contribution in [3.05, 3.63) is 68.6 Å². The first-order valence-corrected chi connectivity index (χ1v) is 8.92. The summed E-state index contributed by atoms with van der Waals surface area (Å²) in [5, 5.41) is 21.5. The zero-order valence-electron chi connectivity index (χ0n) is 16.9. The highest BCUT2D eigenvalue weighted by Crippen LogP contribution is 2.34. The number of nitrogens with one attached hydrogen (secondary N) is 1. The Hall–Kier alpha value is -3.95. The number of nitro groups is 1. The van der Waals surface area contributed by atoms with Crippen LogP contribution in [0.5, 0.6) is 11.5 Å². The van der Waals surface area contributed by atoms with E-state index in [2.05, 4.69) is 15.5 Å².